The van der Waals surface area contributed by atoms with Gasteiger partial charge in [0, 0.05) is 103 Å². The summed E-state index contributed by atoms with van der Waals surface area (Å²) in [5.74, 6) is 1.47. The van der Waals surface area contributed by atoms with Crippen LogP contribution in [0, 0.1) is 0 Å². The predicted octanol–water partition coefficient (Wildman–Crippen LogP) is 4.58. The normalized spacial score (nSPS) is 14.4. The molecule has 1 amide bonds. The number of benzene rings is 1. The van der Waals surface area contributed by atoms with Gasteiger partial charge < -0.3 is 18.9 Å². The first-order valence-electron chi connectivity index (χ1n) is 13.6. The average Bonchev–Trinajstić information content (AvgIpc) is 3.57. The van der Waals surface area contributed by atoms with Crippen molar-refractivity contribution in [3.8, 4) is 22.9 Å². The minimum absolute atomic E-state index is 0.168. The molecule has 1 aromatic carbocycles. The van der Waals surface area contributed by atoms with Gasteiger partial charge >= 0.3 is 0 Å². The number of piperazine rings is 1. The van der Waals surface area contributed by atoms with Crippen molar-refractivity contribution in [2.45, 2.75) is 39.3 Å². The number of pyridine rings is 1. The lowest BCUT2D eigenvalue weighted by molar-refractivity contribution is -0.130. The van der Waals surface area contributed by atoms with E-state index < -0.39 is 0 Å². The van der Waals surface area contributed by atoms with Gasteiger partial charge in [-0.2, -0.15) is 5.10 Å². The number of aromatic nitrogens is 4. The first kappa shape index (κ1) is 27.1. The molecular weight excluding hydrogens is 508 g/mol. The van der Waals surface area contributed by atoms with Gasteiger partial charge in [-0.1, -0.05) is 13.1 Å². The monoisotopic (exact) mass is 545 g/mol. The molecule has 1 saturated heterocycles. The summed E-state index contributed by atoms with van der Waals surface area (Å²) in [5, 5.41) is 5.53. The fourth-order valence-corrected chi connectivity index (χ4v) is 5.35. The van der Waals surface area contributed by atoms with E-state index in [1.165, 1.54) is 5.52 Å². The predicted molar refractivity (Wildman–Crippen MR) is 154 cm³/mol. The Hall–Kier alpha value is -3.47. The van der Waals surface area contributed by atoms with Crippen molar-refractivity contribution in [1.82, 2.24) is 29.1 Å². The Morgan fingerprint density at radius 3 is 2.62 bits per heavy atom. The van der Waals surface area contributed by atoms with Crippen LogP contribution < -0.4 is 4.74 Å². The Labute approximate surface area is 231 Å². The van der Waals surface area contributed by atoms with E-state index in [1.807, 2.05) is 40.0 Å². The second-order valence-corrected chi connectivity index (χ2v) is 13.2. The molecule has 39 heavy (non-hydrogen) atoms. The molecule has 3 aromatic heterocycles. The Morgan fingerprint density at radius 1 is 1.03 bits per heavy atom. The Kier molecular flexibility index (Phi) is 8.75. The van der Waals surface area contributed by atoms with Crippen LogP contribution in [0.4, 0.5) is 0 Å². The number of fused-ring (bicyclic) bond motifs is 1. The second kappa shape index (κ2) is 12.6. The molecule has 4 aromatic rings. The lowest BCUT2D eigenvalue weighted by Gasteiger charge is -2.34. The lowest BCUT2D eigenvalue weighted by Crippen LogP contribution is -2.48. The minimum atomic E-state index is -0.280. The summed E-state index contributed by atoms with van der Waals surface area (Å²) in [6, 6.07) is 15.3. The highest BCUT2D eigenvalue weighted by molar-refractivity contribution is 6.55. The van der Waals surface area contributed by atoms with Gasteiger partial charge in [-0.05, 0) is 42.4 Å². The summed E-state index contributed by atoms with van der Waals surface area (Å²) < 4.78 is 16.0. The number of ether oxygens (including phenoxy) is 2. The molecule has 0 saturated carbocycles. The van der Waals surface area contributed by atoms with Gasteiger partial charge in [-0.25, -0.2) is 9.67 Å². The molecule has 1 aliphatic rings. The van der Waals surface area contributed by atoms with Crippen LogP contribution in [0.15, 0.2) is 61.1 Å². The molecule has 4 heterocycles. The number of nitrogens with zero attached hydrogens (tertiary/aromatic N) is 6. The van der Waals surface area contributed by atoms with E-state index in [4.69, 9.17) is 9.47 Å². The molecule has 0 aliphatic carbocycles. The molecule has 0 atom stereocenters. The number of rotatable bonds is 11. The maximum Gasteiger partial charge on any atom is 0.219 e. The van der Waals surface area contributed by atoms with Crippen LogP contribution in [0.3, 0.4) is 0 Å². The molecular formula is C29H37N6O3Si. The van der Waals surface area contributed by atoms with E-state index in [2.05, 4.69) is 57.0 Å². The van der Waals surface area contributed by atoms with Crippen molar-refractivity contribution in [3.63, 3.8) is 0 Å². The highest BCUT2D eigenvalue weighted by Gasteiger charge is 2.18. The molecule has 10 heteroatoms. The van der Waals surface area contributed by atoms with Crippen molar-refractivity contribution in [2.75, 3.05) is 39.3 Å². The van der Waals surface area contributed by atoms with Gasteiger partial charge in [0.1, 0.15) is 12.5 Å². The maximum absolute atomic E-state index is 11.6. The van der Waals surface area contributed by atoms with Gasteiger partial charge in [0.15, 0.2) is 0 Å². The summed E-state index contributed by atoms with van der Waals surface area (Å²) in [5.41, 5.74) is 3.11. The van der Waals surface area contributed by atoms with Gasteiger partial charge in [-0.3, -0.25) is 9.69 Å². The quantitative estimate of drug-likeness (QED) is 0.203. The van der Waals surface area contributed by atoms with Crippen LogP contribution in [0.5, 0.6) is 11.6 Å². The van der Waals surface area contributed by atoms with Crippen molar-refractivity contribution in [1.29, 1.82) is 0 Å². The van der Waals surface area contributed by atoms with Crippen molar-refractivity contribution < 1.29 is 14.3 Å². The summed E-state index contributed by atoms with van der Waals surface area (Å²) in [4.78, 5) is 20.4. The van der Waals surface area contributed by atoms with Crippen LogP contribution in [0.1, 0.15) is 6.92 Å². The smallest absolute Gasteiger partial charge is 0.219 e. The lowest BCUT2D eigenvalue weighted by atomic mass is 10.2. The summed E-state index contributed by atoms with van der Waals surface area (Å²) in [6.07, 6.45) is 5.73. The van der Waals surface area contributed by atoms with Crippen molar-refractivity contribution >= 4 is 25.6 Å². The zero-order chi connectivity index (χ0) is 27.2. The van der Waals surface area contributed by atoms with E-state index in [0.29, 0.717) is 12.6 Å². The molecule has 1 fully saturated rings. The zero-order valence-corrected chi connectivity index (χ0v) is 24.0. The van der Waals surface area contributed by atoms with E-state index in [-0.39, 0.29) is 14.7 Å². The molecule has 9 nitrogen and oxygen atoms in total. The van der Waals surface area contributed by atoms with E-state index >= 15 is 0 Å². The Bertz CT molecular complexity index is 1380. The van der Waals surface area contributed by atoms with Gasteiger partial charge in [-0.15, -0.1) is 0 Å². The molecule has 205 valence electrons. The highest BCUT2D eigenvalue weighted by Crippen LogP contribution is 2.27. The van der Waals surface area contributed by atoms with Gasteiger partial charge in [0.2, 0.25) is 11.8 Å². The first-order valence-corrected chi connectivity index (χ1v) is 16.3. The number of hydrogen-bond acceptors (Lipinski definition) is 6. The van der Waals surface area contributed by atoms with Crippen LogP contribution in [-0.4, -0.2) is 83.2 Å². The molecule has 1 aliphatic heterocycles. The molecule has 0 N–H and O–H groups in total. The molecule has 1 radical (unpaired) electrons. The summed E-state index contributed by atoms with van der Waals surface area (Å²) >= 11 is 0. The highest BCUT2D eigenvalue weighted by atomic mass is 28.3. The summed E-state index contributed by atoms with van der Waals surface area (Å²) in [6.45, 7) is 12.8. The third-order valence-electron chi connectivity index (χ3n) is 7.15. The number of hydrogen-bond donors (Lipinski definition) is 0. The van der Waals surface area contributed by atoms with Crippen molar-refractivity contribution in [2.24, 2.45) is 0 Å². The third-order valence-corrected chi connectivity index (χ3v) is 8.35. The molecule has 0 unspecified atom stereocenters. The average molecular weight is 546 g/mol. The molecule has 0 spiro atoms. The fourth-order valence-electron chi connectivity index (χ4n) is 4.79. The third kappa shape index (κ3) is 6.94. The van der Waals surface area contributed by atoms with Gasteiger partial charge in [0.05, 0.1) is 5.69 Å². The number of amides is 1. The molecule has 5 rings (SSSR count). The van der Waals surface area contributed by atoms with Crippen LogP contribution in [-0.2, 0) is 22.8 Å². The number of carbonyl (C=O) groups is 1. The SMILES string of the molecule is CC(=O)N1CCN(CCn2ccc3cc(Oc4ccc(-c5ccnn5COCC[Si](C)C)cn4)ccc32)CC1. The van der Waals surface area contributed by atoms with E-state index in [9.17, 15) is 4.79 Å². The zero-order valence-electron chi connectivity index (χ0n) is 23.0. The first-order chi connectivity index (χ1) is 19.0. The maximum atomic E-state index is 11.6. The Balaban J connectivity index is 1.16. The largest absolute Gasteiger partial charge is 0.439 e. The summed E-state index contributed by atoms with van der Waals surface area (Å²) in [7, 11) is -0.280. The van der Waals surface area contributed by atoms with Crippen LogP contribution >= 0.6 is 0 Å². The fraction of sp³-hybridized carbons (Fsp3) is 0.414. The minimum Gasteiger partial charge on any atom is -0.439 e. The van der Waals surface area contributed by atoms with Gasteiger partial charge in [0.25, 0.3) is 0 Å². The van der Waals surface area contributed by atoms with Crippen molar-refractivity contribution in [3.05, 3.63) is 61.1 Å². The standard InChI is InChI=1S/C29H37N6O3Si/c1-23(36)33-15-12-32(13-16-33)14-17-34-11-9-24-20-26(5-6-27(24)34)38-29-7-4-25(21-30-29)28-8-10-31-35(28)22-37-18-19-39(2)3/h4-11,20-21H,12-19,22H2,1-3H3. The molecule has 0 bridgehead atoms. The van der Waals surface area contributed by atoms with E-state index in [1.54, 1.807) is 13.1 Å². The topological polar surface area (TPSA) is 77.7 Å². The Morgan fingerprint density at radius 2 is 1.87 bits per heavy atom. The second-order valence-electron chi connectivity index (χ2n) is 10.3. The van der Waals surface area contributed by atoms with E-state index in [0.717, 1.165) is 74.3 Å². The van der Waals surface area contributed by atoms with Crippen LogP contribution in [0.2, 0.25) is 19.1 Å². The van der Waals surface area contributed by atoms with Crippen LogP contribution in [0.25, 0.3) is 22.2 Å². The number of carbonyl (C=O) groups excluding carboxylic acids is 1.